The monoisotopic (exact) mass is 317 g/mol. The van der Waals surface area contributed by atoms with Gasteiger partial charge < -0.3 is 14.7 Å². The number of piperidine rings is 1. The fraction of sp³-hybridized carbons (Fsp3) is 0.529. The molecule has 0 bridgehead atoms. The van der Waals surface area contributed by atoms with Crippen molar-refractivity contribution in [2.24, 2.45) is 5.92 Å². The summed E-state index contributed by atoms with van der Waals surface area (Å²) in [4.78, 5) is 19.3. The van der Waals surface area contributed by atoms with Gasteiger partial charge in [-0.05, 0) is 44.7 Å². The minimum Gasteiger partial charge on any atom is -0.490 e. The van der Waals surface area contributed by atoms with Crippen LogP contribution in [0.15, 0.2) is 18.3 Å². The summed E-state index contributed by atoms with van der Waals surface area (Å²) in [6.07, 6.45) is 3.55. The van der Waals surface area contributed by atoms with Crippen LogP contribution >= 0.6 is 0 Å². The zero-order valence-corrected chi connectivity index (χ0v) is 13.7. The van der Waals surface area contributed by atoms with Crippen molar-refractivity contribution >= 4 is 11.6 Å². The van der Waals surface area contributed by atoms with Gasteiger partial charge in [0.15, 0.2) is 11.4 Å². The summed E-state index contributed by atoms with van der Waals surface area (Å²) in [6.45, 7) is 5.91. The molecule has 2 aromatic heterocycles. The number of imidazole rings is 1. The first kappa shape index (κ1) is 15.8. The number of hydrogen-bond donors (Lipinski definition) is 1. The second kappa shape index (κ2) is 6.58. The lowest BCUT2D eigenvalue weighted by molar-refractivity contribution is 0.0643. The van der Waals surface area contributed by atoms with Crippen LogP contribution < -0.4 is 4.74 Å². The maximum atomic E-state index is 12.9. The van der Waals surface area contributed by atoms with E-state index in [1.54, 1.807) is 0 Å². The number of fused-ring (bicyclic) bond motifs is 1. The lowest BCUT2D eigenvalue weighted by Gasteiger charge is -2.31. The number of carbonyl (C=O) groups is 1. The molecule has 2 aromatic rings. The molecule has 6 heteroatoms. The van der Waals surface area contributed by atoms with E-state index < -0.39 is 0 Å². The van der Waals surface area contributed by atoms with Crippen LogP contribution in [0.2, 0.25) is 0 Å². The third-order valence-electron chi connectivity index (χ3n) is 4.45. The second-order valence-electron chi connectivity index (χ2n) is 5.96. The van der Waals surface area contributed by atoms with Crippen LogP contribution in [0.1, 0.15) is 35.9 Å². The van der Waals surface area contributed by atoms with Crippen LogP contribution in [0, 0.1) is 12.8 Å². The molecule has 3 rings (SSSR count). The highest BCUT2D eigenvalue weighted by atomic mass is 16.5. The Balaban J connectivity index is 1.92. The van der Waals surface area contributed by atoms with Crippen LogP contribution in [-0.4, -0.2) is 51.6 Å². The zero-order valence-electron chi connectivity index (χ0n) is 13.7. The van der Waals surface area contributed by atoms with Crippen molar-refractivity contribution in [1.82, 2.24) is 14.3 Å². The average Bonchev–Trinajstić information content (AvgIpc) is 2.91. The summed E-state index contributed by atoms with van der Waals surface area (Å²) in [5.41, 5.74) is 2.00. The van der Waals surface area contributed by atoms with Crippen molar-refractivity contribution < 1.29 is 14.6 Å². The van der Waals surface area contributed by atoms with Crippen molar-refractivity contribution in [2.75, 3.05) is 26.3 Å². The smallest absolute Gasteiger partial charge is 0.272 e. The van der Waals surface area contributed by atoms with E-state index in [9.17, 15) is 9.90 Å². The Morgan fingerprint density at radius 2 is 2.17 bits per heavy atom. The number of aromatic nitrogens is 2. The molecule has 1 amide bonds. The molecule has 1 fully saturated rings. The largest absolute Gasteiger partial charge is 0.490 e. The molecule has 23 heavy (non-hydrogen) atoms. The molecule has 0 spiro atoms. The van der Waals surface area contributed by atoms with Gasteiger partial charge in [-0.2, -0.15) is 0 Å². The van der Waals surface area contributed by atoms with Crippen LogP contribution in [-0.2, 0) is 0 Å². The van der Waals surface area contributed by atoms with Crippen molar-refractivity contribution in [3.63, 3.8) is 0 Å². The summed E-state index contributed by atoms with van der Waals surface area (Å²) >= 11 is 0. The lowest BCUT2D eigenvalue weighted by Crippen LogP contribution is -2.39. The number of hydrogen-bond acceptors (Lipinski definition) is 4. The van der Waals surface area contributed by atoms with Crippen LogP contribution in [0.4, 0.5) is 0 Å². The molecule has 0 radical (unpaired) electrons. The molecule has 1 N–H and O–H groups in total. The van der Waals surface area contributed by atoms with Crippen LogP contribution in [0.3, 0.4) is 0 Å². The topological polar surface area (TPSA) is 67.1 Å². The molecule has 3 heterocycles. The highest BCUT2D eigenvalue weighted by Crippen LogP contribution is 2.24. The molecular weight excluding hydrogens is 294 g/mol. The first-order valence-electron chi connectivity index (χ1n) is 8.16. The van der Waals surface area contributed by atoms with E-state index in [0.29, 0.717) is 48.4 Å². The number of nitrogens with zero attached hydrogens (tertiary/aromatic N) is 3. The maximum absolute atomic E-state index is 12.9. The Morgan fingerprint density at radius 3 is 2.83 bits per heavy atom. The number of ether oxygens (including phenoxy) is 1. The van der Waals surface area contributed by atoms with E-state index in [1.165, 1.54) is 0 Å². The van der Waals surface area contributed by atoms with E-state index in [1.807, 2.05) is 41.5 Å². The summed E-state index contributed by atoms with van der Waals surface area (Å²) in [5.74, 6) is 1.00. The van der Waals surface area contributed by atoms with Crippen LogP contribution in [0.5, 0.6) is 5.75 Å². The fourth-order valence-corrected chi connectivity index (χ4v) is 3.15. The van der Waals surface area contributed by atoms with Crippen molar-refractivity contribution in [1.29, 1.82) is 0 Å². The normalized spacial score (nSPS) is 16.0. The predicted molar refractivity (Wildman–Crippen MR) is 86.8 cm³/mol. The number of carbonyl (C=O) groups excluding carboxylic acids is 1. The van der Waals surface area contributed by atoms with Gasteiger partial charge in [0.2, 0.25) is 0 Å². The molecule has 124 valence electrons. The summed E-state index contributed by atoms with van der Waals surface area (Å²) < 4.78 is 7.43. The minimum absolute atomic E-state index is 0.0000354. The Kier molecular flexibility index (Phi) is 4.52. The highest BCUT2D eigenvalue weighted by Gasteiger charge is 2.27. The van der Waals surface area contributed by atoms with Crippen LogP contribution in [0.25, 0.3) is 5.65 Å². The quantitative estimate of drug-likeness (QED) is 0.935. The highest BCUT2D eigenvalue weighted by molar-refractivity contribution is 5.95. The van der Waals surface area contributed by atoms with Gasteiger partial charge in [0.05, 0.1) is 12.3 Å². The van der Waals surface area contributed by atoms with Gasteiger partial charge in [-0.1, -0.05) is 0 Å². The molecule has 1 saturated heterocycles. The van der Waals surface area contributed by atoms with Gasteiger partial charge in [-0.3, -0.25) is 9.20 Å². The number of likely N-dealkylation sites (tertiary alicyclic amines) is 1. The summed E-state index contributed by atoms with van der Waals surface area (Å²) in [6, 6.07) is 3.74. The van der Waals surface area contributed by atoms with Crippen molar-refractivity contribution in [3.8, 4) is 5.75 Å². The Labute approximate surface area is 135 Å². The van der Waals surface area contributed by atoms with E-state index in [-0.39, 0.29) is 12.5 Å². The SMILES string of the molecule is CCOc1cccn2c(C(=O)N3CCC(CO)CC3)c(C)nc12. The molecule has 0 aliphatic carbocycles. The van der Waals surface area contributed by atoms with Gasteiger partial charge in [-0.15, -0.1) is 0 Å². The van der Waals surface area contributed by atoms with Gasteiger partial charge in [0, 0.05) is 25.9 Å². The van der Waals surface area contributed by atoms with E-state index >= 15 is 0 Å². The third kappa shape index (κ3) is 2.91. The van der Waals surface area contributed by atoms with E-state index in [2.05, 4.69) is 4.98 Å². The van der Waals surface area contributed by atoms with E-state index in [4.69, 9.17) is 4.74 Å². The van der Waals surface area contributed by atoms with Crippen molar-refractivity contribution in [3.05, 3.63) is 29.7 Å². The molecule has 1 aliphatic heterocycles. The number of pyridine rings is 1. The summed E-state index contributed by atoms with van der Waals surface area (Å²) in [5, 5.41) is 9.23. The molecule has 0 saturated carbocycles. The predicted octanol–water partition coefficient (Wildman–Crippen LogP) is 1.89. The molecule has 0 aromatic carbocycles. The maximum Gasteiger partial charge on any atom is 0.272 e. The third-order valence-corrected chi connectivity index (χ3v) is 4.45. The number of aliphatic hydroxyl groups excluding tert-OH is 1. The molecule has 6 nitrogen and oxygen atoms in total. The minimum atomic E-state index is 0.0000354. The second-order valence-corrected chi connectivity index (χ2v) is 5.96. The molecule has 0 unspecified atom stereocenters. The first-order chi connectivity index (χ1) is 11.2. The Morgan fingerprint density at radius 1 is 1.43 bits per heavy atom. The lowest BCUT2D eigenvalue weighted by atomic mass is 9.97. The van der Waals surface area contributed by atoms with Gasteiger partial charge in [0.25, 0.3) is 5.91 Å². The van der Waals surface area contributed by atoms with E-state index in [0.717, 1.165) is 12.8 Å². The first-order valence-corrected chi connectivity index (χ1v) is 8.16. The Bertz CT molecular complexity index is 702. The number of aliphatic hydroxyl groups is 1. The molecular formula is C17H23N3O3. The van der Waals surface area contributed by atoms with Crippen molar-refractivity contribution in [2.45, 2.75) is 26.7 Å². The number of amides is 1. The van der Waals surface area contributed by atoms with Gasteiger partial charge >= 0.3 is 0 Å². The fourth-order valence-electron chi connectivity index (χ4n) is 3.15. The zero-order chi connectivity index (χ0) is 16.4. The molecule has 0 atom stereocenters. The number of aryl methyl sites for hydroxylation is 1. The Hall–Kier alpha value is -2.08. The number of rotatable bonds is 4. The molecule has 1 aliphatic rings. The summed E-state index contributed by atoms with van der Waals surface area (Å²) in [7, 11) is 0. The van der Waals surface area contributed by atoms with Gasteiger partial charge in [-0.25, -0.2) is 4.98 Å². The average molecular weight is 317 g/mol. The van der Waals surface area contributed by atoms with Gasteiger partial charge in [0.1, 0.15) is 5.69 Å². The standard InChI is InChI=1S/C17H23N3O3/c1-3-23-14-5-4-8-20-15(12(2)18-16(14)20)17(22)19-9-6-13(11-21)7-10-19/h4-5,8,13,21H,3,6-7,9-11H2,1-2H3.